The van der Waals surface area contributed by atoms with Crippen molar-refractivity contribution in [1.29, 1.82) is 0 Å². The van der Waals surface area contributed by atoms with E-state index in [4.69, 9.17) is 4.74 Å². The van der Waals surface area contributed by atoms with E-state index in [1.165, 1.54) is 0 Å². The number of anilines is 1. The molecule has 3 nitrogen and oxygen atoms in total. The van der Waals surface area contributed by atoms with E-state index in [1.54, 1.807) is 24.3 Å². The first-order valence-corrected chi connectivity index (χ1v) is 7.16. The summed E-state index contributed by atoms with van der Waals surface area (Å²) in [5.74, 6) is -2.18. The van der Waals surface area contributed by atoms with Gasteiger partial charge in [-0.15, -0.1) is 0 Å². The highest BCUT2D eigenvalue weighted by atomic mass is 19.4. The number of alkyl halides is 3. The molecule has 0 saturated carbocycles. The van der Waals surface area contributed by atoms with Gasteiger partial charge in [0.25, 0.3) is 5.91 Å². The van der Waals surface area contributed by atoms with Crippen molar-refractivity contribution in [3.63, 3.8) is 0 Å². The molecule has 24 heavy (non-hydrogen) atoms. The Morgan fingerprint density at radius 1 is 1.12 bits per heavy atom. The van der Waals surface area contributed by atoms with Gasteiger partial charge in [-0.25, -0.2) is 4.39 Å². The van der Waals surface area contributed by atoms with Gasteiger partial charge in [0.05, 0.1) is 12.2 Å². The van der Waals surface area contributed by atoms with Gasteiger partial charge in [0.15, 0.2) is 0 Å². The molecule has 0 aliphatic rings. The zero-order valence-corrected chi connectivity index (χ0v) is 12.8. The van der Waals surface area contributed by atoms with Crippen molar-refractivity contribution in [3.8, 4) is 0 Å². The predicted molar refractivity (Wildman–Crippen MR) is 81.1 cm³/mol. The SMILES string of the molecule is CCOCc1ccc(NC(=O)c2ccc(C(F)(F)F)c(F)c2)cc1. The third kappa shape index (κ3) is 4.55. The van der Waals surface area contributed by atoms with Crippen LogP contribution in [0.25, 0.3) is 0 Å². The van der Waals surface area contributed by atoms with Crippen LogP contribution < -0.4 is 5.32 Å². The normalized spacial score (nSPS) is 11.4. The van der Waals surface area contributed by atoms with Gasteiger partial charge in [-0.2, -0.15) is 13.2 Å². The number of carbonyl (C=O) groups excluding carboxylic acids is 1. The van der Waals surface area contributed by atoms with Crippen molar-refractivity contribution in [2.75, 3.05) is 11.9 Å². The summed E-state index contributed by atoms with van der Waals surface area (Å²) >= 11 is 0. The summed E-state index contributed by atoms with van der Waals surface area (Å²) in [5.41, 5.74) is -0.241. The van der Waals surface area contributed by atoms with E-state index >= 15 is 0 Å². The van der Waals surface area contributed by atoms with E-state index in [1.807, 2.05) is 6.92 Å². The molecule has 0 unspecified atom stereocenters. The van der Waals surface area contributed by atoms with Crippen LogP contribution in [0.5, 0.6) is 0 Å². The highest BCUT2D eigenvalue weighted by Crippen LogP contribution is 2.31. The summed E-state index contributed by atoms with van der Waals surface area (Å²) in [6.07, 6.45) is -4.80. The number of halogens is 4. The maximum Gasteiger partial charge on any atom is 0.419 e. The Morgan fingerprint density at radius 2 is 1.79 bits per heavy atom. The molecule has 2 aromatic rings. The van der Waals surface area contributed by atoms with Crippen LogP contribution in [0.4, 0.5) is 23.2 Å². The number of amides is 1. The molecule has 7 heteroatoms. The number of nitrogens with one attached hydrogen (secondary N) is 1. The van der Waals surface area contributed by atoms with Crippen LogP contribution in [-0.2, 0) is 17.5 Å². The lowest BCUT2D eigenvalue weighted by atomic mass is 10.1. The third-order valence-corrected chi connectivity index (χ3v) is 3.22. The topological polar surface area (TPSA) is 38.3 Å². The monoisotopic (exact) mass is 341 g/mol. The lowest BCUT2D eigenvalue weighted by Gasteiger charge is -2.10. The summed E-state index contributed by atoms with van der Waals surface area (Å²) in [5, 5.41) is 2.50. The van der Waals surface area contributed by atoms with Gasteiger partial charge in [0.2, 0.25) is 0 Å². The van der Waals surface area contributed by atoms with Crippen LogP contribution in [0.15, 0.2) is 42.5 Å². The Bertz CT molecular complexity index is 712. The van der Waals surface area contributed by atoms with Crippen molar-refractivity contribution < 1.29 is 27.1 Å². The van der Waals surface area contributed by atoms with Gasteiger partial charge >= 0.3 is 6.18 Å². The van der Waals surface area contributed by atoms with Crippen molar-refractivity contribution in [2.45, 2.75) is 19.7 Å². The molecule has 0 spiro atoms. The second-order valence-electron chi connectivity index (χ2n) is 4.98. The molecular formula is C17H15F4NO2. The second-order valence-corrected chi connectivity index (χ2v) is 4.98. The van der Waals surface area contributed by atoms with Crippen molar-refractivity contribution >= 4 is 11.6 Å². The molecular weight excluding hydrogens is 326 g/mol. The first-order valence-electron chi connectivity index (χ1n) is 7.16. The summed E-state index contributed by atoms with van der Waals surface area (Å²) in [6, 6.07) is 8.82. The minimum atomic E-state index is -4.80. The third-order valence-electron chi connectivity index (χ3n) is 3.22. The predicted octanol–water partition coefficient (Wildman–Crippen LogP) is 4.63. The molecule has 0 aliphatic heterocycles. The number of rotatable bonds is 5. The molecule has 128 valence electrons. The zero-order valence-electron chi connectivity index (χ0n) is 12.8. The number of ether oxygens (including phenoxy) is 1. The van der Waals surface area contributed by atoms with E-state index in [0.717, 1.165) is 11.6 Å². The Morgan fingerprint density at radius 3 is 2.33 bits per heavy atom. The Labute approximate surface area is 136 Å². The molecule has 0 fully saturated rings. The molecule has 1 N–H and O–H groups in total. The van der Waals surface area contributed by atoms with Gasteiger partial charge in [0, 0.05) is 17.9 Å². The zero-order chi connectivity index (χ0) is 17.7. The smallest absolute Gasteiger partial charge is 0.377 e. The lowest BCUT2D eigenvalue weighted by molar-refractivity contribution is -0.140. The fourth-order valence-corrected chi connectivity index (χ4v) is 1.99. The molecule has 0 atom stereocenters. The summed E-state index contributed by atoms with van der Waals surface area (Å²) < 4.78 is 56.3. The van der Waals surface area contributed by atoms with Crippen LogP contribution in [0, 0.1) is 5.82 Å². The maximum atomic E-state index is 13.5. The molecule has 2 aromatic carbocycles. The Balaban J connectivity index is 2.08. The first kappa shape index (κ1) is 17.9. The van der Waals surface area contributed by atoms with Gasteiger partial charge in [-0.3, -0.25) is 4.79 Å². The average Bonchev–Trinajstić information content (AvgIpc) is 2.53. The molecule has 2 rings (SSSR count). The number of carbonyl (C=O) groups is 1. The van der Waals surface area contributed by atoms with E-state index in [-0.39, 0.29) is 5.56 Å². The fraction of sp³-hybridized carbons (Fsp3) is 0.235. The standard InChI is InChI=1S/C17H15F4NO2/c1-2-24-10-11-3-6-13(7-4-11)22-16(23)12-5-8-14(15(18)9-12)17(19,20)21/h3-9H,2,10H2,1H3,(H,22,23). The van der Waals surface area contributed by atoms with Crippen LogP contribution in [0.3, 0.4) is 0 Å². The number of hydrogen-bond donors (Lipinski definition) is 1. The van der Waals surface area contributed by atoms with Crippen LogP contribution in [-0.4, -0.2) is 12.5 Å². The molecule has 0 aliphatic carbocycles. The van der Waals surface area contributed by atoms with Crippen molar-refractivity contribution in [2.24, 2.45) is 0 Å². The minimum absolute atomic E-state index is 0.195. The van der Waals surface area contributed by atoms with Crippen molar-refractivity contribution in [3.05, 3.63) is 65.0 Å². The van der Waals surface area contributed by atoms with Crippen LogP contribution in [0.1, 0.15) is 28.4 Å². The maximum absolute atomic E-state index is 13.5. The molecule has 1 amide bonds. The Hall–Kier alpha value is -2.41. The van der Waals surface area contributed by atoms with Crippen molar-refractivity contribution in [1.82, 2.24) is 0 Å². The molecule has 0 saturated heterocycles. The number of hydrogen-bond acceptors (Lipinski definition) is 2. The summed E-state index contributed by atoms with van der Waals surface area (Å²) in [6.45, 7) is 2.89. The van der Waals surface area contributed by atoms with Crippen LogP contribution in [0.2, 0.25) is 0 Å². The van der Waals surface area contributed by atoms with E-state index in [0.29, 0.717) is 31.0 Å². The van der Waals surface area contributed by atoms with Gasteiger partial charge in [-0.1, -0.05) is 12.1 Å². The second kappa shape index (κ2) is 7.44. The lowest BCUT2D eigenvalue weighted by Crippen LogP contribution is -2.14. The first-order chi connectivity index (χ1) is 11.3. The minimum Gasteiger partial charge on any atom is -0.377 e. The molecule has 0 heterocycles. The molecule has 0 radical (unpaired) electrons. The van der Waals surface area contributed by atoms with Crippen LogP contribution >= 0.6 is 0 Å². The van der Waals surface area contributed by atoms with Gasteiger partial charge < -0.3 is 10.1 Å². The summed E-state index contributed by atoms with van der Waals surface area (Å²) in [4.78, 5) is 12.0. The molecule has 0 bridgehead atoms. The quantitative estimate of drug-likeness (QED) is 0.805. The van der Waals surface area contributed by atoms with E-state index in [2.05, 4.69) is 5.32 Å². The highest BCUT2D eigenvalue weighted by molar-refractivity contribution is 6.04. The van der Waals surface area contributed by atoms with Gasteiger partial charge in [0.1, 0.15) is 5.82 Å². The largest absolute Gasteiger partial charge is 0.419 e. The number of benzene rings is 2. The molecule has 0 aromatic heterocycles. The van der Waals surface area contributed by atoms with E-state index < -0.39 is 23.5 Å². The average molecular weight is 341 g/mol. The summed E-state index contributed by atoms with van der Waals surface area (Å²) in [7, 11) is 0. The highest BCUT2D eigenvalue weighted by Gasteiger charge is 2.34. The fourth-order valence-electron chi connectivity index (χ4n) is 1.99. The van der Waals surface area contributed by atoms with Gasteiger partial charge in [-0.05, 0) is 42.8 Å². The van der Waals surface area contributed by atoms with E-state index in [9.17, 15) is 22.4 Å². The Kier molecular flexibility index (Phi) is 5.56.